The summed E-state index contributed by atoms with van der Waals surface area (Å²) < 4.78 is 0. The molecule has 4 heteroatoms. The fourth-order valence-corrected chi connectivity index (χ4v) is 2.83. The van der Waals surface area contributed by atoms with Gasteiger partial charge in [0.25, 0.3) is 0 Å². The molecule has 1 unspecified atom stereocenters. The minimum Gasteiger partial charge on any atom is -0.354 e. The number of amides is 1. The van der Waals surface area contributed by atoms with Crippen molar-refractivity contribution in [3.05, 3.63) is 35.0 Å². The maximum absolute atomic E-state index is 11.7. The molecular weight excluding hydrogens is 256 g/mol. The minimum atomic E-state index is 0.104. The Morgan fingerprint density at radius 2 is 2.26 bits per heavy atom. The van der Waals surface area contributed by atoms with Gasteiger partial charge in [-0.2, -0.15) is 11.3 Å². The first-order valence-corrected chi connectivity index (χ1v) is 7.80. The number of allylic oxidation sites excluding steroid dienone is 1. The summed E-state index contributed by atoms with van der Waals surface area (Å²) in [7, 11) is 0. The largest absolute Gasteiger partial charge is 0.354 e. The van der Waals surface area contributed by atoms with Crippen molar-refractivity contribution in [2.75, 3.05) is 19.6 Å². The molecule has 1 rings (SSSR count). The zero-order valence-electron chi connectivity index (χ0n) is 11.9. The van der Waals surface area contributed by atoms with E-state index in [4.69, 9.17) is 0 Å². The Morgan fingerprint density at radius 1 is 1.53 bits per heavy atom. The first-order chi connectivity index (χ1) is 9.22. The number of rotatable bonds is 9. The first-order valence-electron chi connectivity index (χ1n) is 6.86. The van der Waals surface area contributed by atoms with Gasteiger partial charge in [0.05, 0.1) is 6.04 Å². The lowest BCUT2D eigenvalue weighted by atomic mass is 10.1. The monoisotopic (exact) mass is 280 g/mol. The summed E-state index contributed by atoms with van der Waals surface area (Å²) in [5.74, 6) is 0.104. The van der Waals surface area contributed by atoms with E-state index in [1.165, 1.54) is 5.56 Å². The number of nitrogens with zero attached hydrogens (tertiary/aromatic N) is 1. The van der Waals surface area contributed by atoms with Gasteiger partial charge in [0.1, 0.15) is 0 Å². The quantitative estimate of drug-likeness (QED) is 0.704. The number of likely N-dealkylation sites (N-methyl/N-ethyl adjacent to an activating group) is 1. The third kappa shape index (κ3) is 5.17. The maximum Gasteiger partial charge on any atom is 0.220 e. The van der Waals surface area contributed by atoms with E-state index in [-0.39, 0.29) is 11.9 Å². The van der Waals surface area contributed by atoms with Gasteiger partial charge in [0.15, 0.2) is 0 Å². The van der Waals surface area contributed by atoms with E-state index in [1.807, 2.05) is 0 Å². The average Bonchev–Trinajstić information content (AvgIpc) is 2.94. The molecular formula is C15H24N2OS. The van der Waals surface area contributed by atoms with Crippen molar-refractivity contribution in [2.45, 2.75) is 32.7 Å². The van der Waals surface area contributed by atoms with Crippen molar-refractivity contribution in [1.29, 1.82) is 0 Å². The van der Waals surface area contributed by atoms with Gasteiger partial charge in [0.2, 0.25) is 5.91 Å². The average molecular weight is 280 g/mol. The topological polar surface area (TPSA) is 32.3 Å². The van der Waals surface area contributed by atoms with Crippen LogP contribution in [0.3, 0.4) is 0 Å². The molecule has 1 aromatic heterocycles. The molecule has 3 nitrogen and oxygen atoms in total. The molecule has 1 aromatic rings. The molecule has 0 saturated heterocycles. The second-order valence-electron chi connectivity index (χ2n) is 4.43. The third-order valence-corrected chi connectivity index (χ3v) is 3.95. The molecule has 0 radical (unpaired) electrons. The molecule has 0 aliphatic carbocycles. The van der Waals surface area contributed by atoms with Crippen LogP contribution < -0.4 is 5.32 Å². The second-order valence-corrected chi connectivity index (χ2v) is 5.21. The highest BCUT2D eigenvalue weighted by molar-refractivity contribution is 7.07. The first kappa shape index (κ1) is 15.9. The summed E-state index contributed by atoms with van der Waals surface area (Å²) in [6.07, 6.45) is 3.04. The van der Waals surface area contributed by atoms with Crippen molar-refractivity contribution in [3.63, 3.8) is 0 Å². The summed E-state index contributed by atoms with van der Waals surface area (Å²) >= 11 is 1.70. The molecule has 1 atom stereocenters. The predicted molar refractivity (Wildman–Crippen MR) is 82.4 cm³/mol. The van der Waals surface area contributed by atoms with E-state index < -0.39 is 0 Å². The van der Waals surface area contributed by atoms with Crippen LogP contribution in [0.4, 0.5) is 0 Å². The Labute approximate surface area is 120 Å². The second kappa shape index (κ2) is 8.88. The van der Waals surface area contributed by atoms with Gasteiger partial charge in [-0.15, -0.1) is 6.58 Å². The zero-order chi connectivity index (χ0) is 14.1. The Morgan fingerprint density at radius 3 is 2.79 bits per heavy atom. The molecule has 1 heterocycles. The molecule has 0 bridgehead atoms. The molecule has 0 aromatic carbocycles. The minimum absolute atomic E-state index is 0.104. The van der Waals surface area contributed by atoms with Crippen LogP contribution in [-0.2, 0) is 4.79 Å². The van der Waals surface area contributed by atoms with Gasteiger partial charge in [-0.25, -0.2) is 0 Å². The van der Waals surface area contributed by atoms with Gasteiger partial charge >= 0.3 is 0 Å². The van der Waals surface area contributed by atoms with Crippen LogP contribution in [0.15, 0.2) is 29.5 Å². The molecule has 0 fully saturated rings. The SMILES string of the molecule is C=CCCC(=O)NCC(c1ccsc1)N(CC)CC. The Balaban J connectivity index is 2.60. The maximum atomic E-state index is 11.7. The fraction of sp³-hybridized carbons (Fsp3) is 0.533. The van der Waals surface area contributed by atoms with Crippen molar-refractivity contribution in [1.82, 2.24) is 10.2 Å². The van der Waals surface area contributed by atoms with Gasteiger partial charge in [-0.3, -0.25) is 9.69 Å². The molecule has 1 N–H and O–H groups in total. The summed E-state index contributed by atoms with van der Waals surface area (Å²) in [4.78, 5) is 14.1. The molecule has 0 aliphatic rings. The van der Waals surface area contributed by atoms with Gasteiger partial charge < -0.3 is 5.32 Å². The number of thiophene rings is 1. The molecule has 0 spiro atoms. The third-order valence-electron chi connectivity index (χ3n) is 3.25. The van der Waals surface area contributed by atoms with Crippen LogP contribution in [0.1, 0.15) is 38.3 Å². The summed E-state index contributed by atoms with van der Waals surface area (Å²) in [5, 5.41) is 7.29. The number of carbonyl (C=O) groups excluding carboxylic acids is 1. The molecule has 0 aliphatic heterocycles. The normalized spacial score (nSPS) is 12.4. The summed E-state index contributed by atoms with van der Waals surface area (Å²) in [6.45, 7) is 10.6. The number of hydrogen-bond acceptors (Lipinski definition) is 3. The predicted octanol–water partition coefficient (Wildman–Crippen LogP) is 3.21. The van der Waals surface area contributed by atoms with Gasteiger partial charge in [0, 0.05) is 13.0 Å². The van der Waals surface area contributed by atoms with E-state index >= 15 is 0 Å². The van der Waals surface area contributed by atoms with Crippen molar-refractivity contribution in [3.8, 4) is 0 Å². The van der Waals surface area contributed by atoms with E-state index in [2.05, 4.69) is 47.5 Å². The van der Waals surface area contributed by atoms with Crippen molar-refractivity contribution in [2.24, 2.45) is 0 Å². The smallest absolute Gasteiger partial charge is 0.220 e. The highest BCUT2D eigenvalue weighted by Crippen LogP contribution is 2.22. The molecule has 106 valence electrons. The van der Waals surface area contributed by atoms with Crippen LogP contribution in [0.2, 0.25) is 0 Å². The van der Waals surface area contributed by atoms with Crippen LogP contribution in [0.5, 0.6) is 0 Å². The highest BCUT2D eigenvalue weighted by atomic mass is 32.1. The number of hydrogen-bond donors (Lipinski definition) is 1. The Bertz CT molecular complexity index is 372. The van der Waals surface area contributed by atoms with Crippen LogP contribution in [-0.4, -0.2) is 30.4 Å². The van der Waals surface area contributed by atoms with Gasteiger partial charge in [-0.1, -0.05) is 19.9 Å². The van der Waals surface area contributed by atoms with E-state index in [9.17, 15) is 4.79 Å². The Kier molecular flexibility index (Phi) is 7.45. The molecule has 0 saturated carbocycles. The number of nitrogens with one attached hydrogen (secondary N) is 1. The lowest BCUT2D eigenvalue weighted by molar-refractivity contribution is -0.121. The van der Waals surface area contributed by atoms with E-state index in [0.29, 0.717) is 13.0 Å². The number of carbonyl (C=O) groups is 1. The lowest BCUT2D eigenvalue weighted by Crippen LogP contribution is -2.37. The van der Waals surface area contributed by atoms with Crippen molar-refractivity contribution < 1.29 is 4.79 Å². The zero-order valence-corrected chi connectivity index (χ0v) is 12.7. The fourth-order valence-electron chi connectivity index (χ4n) is 2.12. The lowest BCUT2D eigenvalue weighted by Gasteiger charge is -2.29. The summed E-state index contributed by atoms with van der Waals surface area (Å²) in [5.41, 5.74) is 1.29. The van der Waals surface area contributed by atoms with Crippen LogP contribution >= 0.6 is 11.3 Å². The highest BCUT2D eigenvalue weighted by Gasteiger charge is 2.18. The standard InChI is InChI=1S/C15H24N2OS/c1-4-7-8-15(18)16-11-14(17(5-2)6-3)13-9-10-19-12-13/h4,9-10,12,14H,1,5-8,11H2,2-3H3,(H,16,18). The molecule has 19 heavy (non-hydrogen) atoms. The van der Waals surface area contributed by atoms with Crippen LogP contribution in [0.25, 0.3) is 0 Å². The molecule has 1 amide bonds. The van der Waals surface area contributed by atoms with Gasteiger partial charge in [-0.05, 0) is 41.9 Å². The Hall–Kier alpha value is -1.13. The van der Waals surface area contributed by atoms with Crippen molar-refractivity contribution >= 4 is 17.2 Å². The van der Waals surface area contributed by atoms with E-state index in [1.54, 1.807) is 17.4 Å². The summed E-state index contributed by atoms with van der Waals surface area (Å²) in [6, 6.07) is 2.41. The van der Waals surface area contributed by atoms with Crippen LogP contribution in [0, 0.1) is 0 Å². The van der Waals surface area contributed by atoms with E-state index in [0.717, 1.165) is 19.5 Å².